The first-order valence-electron chi connectivity index (χ1n) is 9.32. The smallest absolute Gasteiger partial charge is 0.291 e. The fourth-order valence-corrected chi connectivity index (χ4v) is 3.71. The highest BCUT2D eigenvalue weighted by molar-refractivity contribution is 7.15. The minimum atomic E-state index is -0.368. The maximum Gasteiger partial charge on any atom is 0.291 e. The molecule has 0 unspecified atom stereocenters. The first-order valence-corrected chi connectivity index (χ1v) is 10.1. The third-order valence-corrected chi connectivity index (χ3v) is 5.20. The number of nitrogens with one attached hydrogen (secondary N) is 1. The topological polar surface area (TPSA) is 82.0 Å². The van der Waals surface area contributed by atoms with Gasteiger partial charge in [-0.15, -0.1) is 11.3 Å². The molecule has 0 aliphatic rings. The van der Waals surface area contributed by atoms with E-state index in [9.17, 15) is 4.79 Å². The summed E-state index contributed by atoms with van der Waals surface area (Å²) in [5, 5.41) is 4.85. The number of aryl methyl sites for hydroxylation is 1. The Morgan fingerprint density at radius 2 is 1.83 bits per heavy atom. The Labute approximate surface area is 179 Å². The summed E-state index contributed by atoms with van der Waals surface area (Å²) < 4.78 is 16.3. The van der Waals surface area contributed by atoms with E-state index in [0.717, 1.165) is 15.4 Å². The van der Waals surface area contributed by atoms with Crippen molar-refractivity contribution in [2.45, 2.75) is 13.8 Å². The first kappa shape index (κ1) is 21.3. The molecule has 0 saturated heterocycles. The van der Waals surface area contributed by atoms with Gasteiger partial charge < -0.3 is 14.2 Å². The van der Waals surface area contributed by atoms with Crippen LogP contribution in [-0.2, 0) is 0 Å². The minimum absolute atomic E-state index is 0.359. The van der Waals surface area contributed by atoms with Crippen molar-refractivity contribution >= 4 is 23.5 Å². The van der Waals surface area contributed by atoms with E-state index in [-0.39, 0.29) is 5.91 Å². The molecule has 0 spiro atoms. The predicted molar refractivity (Wildman–Crippen MR) is 118 cm³/mol. The Morgan fingerprint density at radius 3 is 2.43 bits per heavy atom. The Morgan fingerprint density at radius 1 is 1.17 bits per heavy atom. The van der Waals surface area contributed by atoms with E-state index in [0.29, 0.717) is 35.1 Å². The van der Waals surface area contributed by atoms with Crippen LogP contribution in [0, 0.1) is 6.92 Å². The summed E-state index contributed by atoms with van der Waals surface area (Å²) in [5.74, 6) is 1.20. The predicted octanol–water partition coefficient (Wildman–Crippen LogP) is 4.30. The molecule has 3 rings (SSSR count). The molecule has 7 nitrogen and oxygen atoms in total. The fourth-order valence-electron chi connectivity index (χ4n) is 2.79. The van der Waals surface area contributed by atoms with E-state index in [4.69, 9.17) is 14.2 Å². The van der Waals surface area contributed by atoms with Gasteiger partial charge in [0.25, 0.3) is 5.91 Å². The molecule has 2 aromatic carbocycles. The SMILES string of the molecule is CCOc1c(OC)cc(/C=N\NC(=O)c2nc(-c3ccccc3)sc2C)cc1OC. The lowest BCUT2D eigenvalue weighted by molar-refractivity contribution is 0.0950. The van der Waals surface area contributed by atoms with Crippen LogP contribution < -0.4 is 19.6 Å². The Kier molecular flexibility index (Phi) is 7.03. The van der Waals surface area contributed by atoms with Crippen molar-refractivity contribution in [3.8, 4) is 27.8 Å². The number of thiazole rings is 1. The van der Waals surface area contributed by atoms with Crippen molar-refractivity contribution in [1.82, 2.24) is 10.4 Å². The second kappa shape index (κ2) is 9.89. The van der Waals surface area contributed by atoms with E-state index < -0.39 is 0 Å². The molecule has 1 aromatic heterocycles. The number of hydrogen-bond donors (Lipinski definition) is 1. The molecule has 0 aliphatic carbocycles. The highest BCUT2D eigenvalue weighted by Gasteiger charge is 2.16. The van der Waals surface area contributed by atoms with Gasteiger partial charge in [-0.25, -0.2) is 10.4 Å². The number of benzene rings is 2. The molecule has 1 heterocycles. The monoisotopic (exact) mass is 425 g/mol. The van der Waals surface area contributed by atoms with Gasteiger partial charge in [-0.2, -0.15) is 5.10 Å². The second-order valence-electron chi connectivity index (χ2n) is 6.18. The van der Waals surface area contributed by atoms with Gasteiger partial charge in [0.1, 0.15) is 10.7 Å². The van der Waals surface area contributed by atoms with Crippen molar-refractivity contribution in [1.29, 1.82) is 0 Å². The van der Waals surface area contributed by atoms with Crippen LogP contribution in [0.1, 0.15) is 27.9 Å². The number of methoxy groups -OCH3 is 2. The van der Waals surface area contributed by atoms with Crippen molar-refractivity contribution in [3.05, 3.63) is 58.6 Å². The summed E-state index contributed by atoms with van der Waals surface area (Å²) in [7, 11) is 3.10. The van der Waals surface area contributed by atoms with E-state index in [1.54, 1.807) is 26.4 Å². The normalized spacial score (nSPS) is 10.8. The van der Waals surface area contributed by atoms with E-state index in [1.807, 2.05) is 44.2 Å². The van der Waals surface area contributed by atoms with Gasteiger partial charge in [0, 0.05) is 16.0 Å². The number of nitrogens with zero attached hydrogens (tertiary/aromatic N) is 2. The van der Waals surface area contributed by atoms with Crippen LogP contribution in [0.2, 0.25) is 0 Å². The summed E-state index contributed by atoms with van der Waals surface area (Å²) in [6.45, 7) is 4.23. The average Bonchev–Trinajstić information content (AvgIpc) is 3.16. The van der Waals surface area contributed by atoms with Gasteiger partial charge in [-0.05, 0) is 26.0 Å². The summed E-state index contributed by atoms with van der Waals surface area (Å²) in [5.41, 5.74) is 4.55. The molecule has 30 heavy (non-hydrogen) atoms. The van der Waals surface area contributed by atoms with Crippen molar-refractivity contribution in [3.63, 3.8) is 0 Å². The maximum absolute atomic E-state index is 12.5. The molecule has 1 amide bonds. The zero-order chi connectivity index (χ0) is 21.5. The molecule has 156 valence electrons. The lowest BCUT2D eigenvalue weighted by atomic mass is 10.2. The third kappa shape index (κ3) is 4.77. The third-order valence-electron chi connectivity index (χ3n) is 4.18. The summed E-state index contributed by atoms with van der Waals surface area (Å²) >= 11 is 1.47. The molecule has 8 heteroatoms. The van der Waals surface area contributed by atoms with Gasteiger partial charge in [0.2, 0.25) is 5.75 Å². The van der Waals surface area contributed by atoms with Crippen molar-refractivity contribution in [2.75, 3.05) is 20.8 Å². The van der Waals surface area contributed by atoms with Crippen LogP contribution in [0.15, 0.2) is 47.6 Å². The fraction of sp³-hybridized carbons (Fsp3) is 0.227. The van der Waals surface area contributed by atoms with E-state index in [1.165, 1.54) is 17.6 Å². The number of carbonyl (C=O) groups is 1. The number of ether oxygens (including phenoxy) is 3. The Hall–Kier alpha value is -3.39. The van der Waals surface area contributed by atoms with Crippen LogP contribution in [-0.4, -0.2) is 37.9 Å². The molecule has 0 atom stereocenters. The van der Waals surface area contributed by atoms with Crippen molar-refractivity contribution < 1.29 is 19.0 Å². The van der Waals surface area contributed by atoms with E-state index >= 15 is 0 Å². The minimum Gasteiger partial charge on any atom is -0.493 e. The largest absolute Gasteiger partial charge is 0.493 e. The maximum atomic E-state index is 12.5. The zero-order valence-electron chi connectivity index (χ0n) is 17.3. The van der Waals surface area contributed by atoms with Gasteiger partial charge in [-0.1, -0.05) is 30.3 Å². The molecular formula is C22H23N3O4S. The van der Waals surface area contributed by atoms with Crippen LogP contribution in [0.25, 0.3) is 10.6 Å². The molecule has 0 radical (unpaired) electrons. The number of rotatable bonds is 8. The van der Waals surface area contributed by atoms with Crippen LogP contribution in [0.4, 0.5) is 0 Å². The number of carbonyl (C=O) groups excluding carboxylic acids is 1. The van der Waals surface area contributed by atoms with Crippen LogP contribution >= 0.6 is 11.3 Å². The molecule has 0 fully saturated rings. The average molecular weight is 426 g/mol. The van der Waals surface area contributed by atoms with Crippen LogP contribution in [0.3, 0.4) is 0 Å². The summed E-state index contributed by atoms with van der Waals surface area (Å²) in [6, 6.07) is 13.3. The number of hydrazone groups is 1. The number of amides is 1. The van der Waals surface area contributed by atoms with E-state index in [2.05, 4.69) is 15.5 Å². The zero-order valence-corrected chi connectivity index (χ0v) is 18.1. The van der Waals surface area contributed by atoms with Gasteiger partial charge in [-0.3, -0.25) is 4.79 Å². The molecule has 0 bridgehead atoms. The van der Waals surface area contributed by atoms with Crippen molar-refractivity contribution in [2.24, 2.45) is 5.10 Å². The standard InChI is InChI=1S/C22H23N3O4S/c1-5-29-20-17(27-3)11-15(12-18(20)28-4)13-23-25-21(26)19-14(2)30-22(24-19)16-9-7-6-8-10-16/h6-13H,5H2,1-4H3,(H,25,26)/b23-13-. The summed E-state index contributed by atoms with van der Waals surface area (Å²) in [6.07, 6.45) is 1.51. The Balaban J connectivity index is 1.76. The lowest BCUT2D eigenvalue weighted by Crippen LogP contribution is -2.19. The molecule has 0 aliphatic heterocycles. The highest BCUT2D eigenvalue weighted by atomic mass is 32.1. The molecule has 1 N–H and O–H groups in total. The lowest BCUT2D eigenvalue weighted by Gasteiger charge is -2.14. The first-order chi connectivity index (χ1) is 14.6. The molecular weight excluding hydrogens is 402 g/mol. The quantitative estimate of drug-likeness (QED) is 0.430. The number of aromatic nitrogens is 1. The summed E-state index contributed by atoms with van der Waals surface area (Å²) in [4.78, 5) is 17.8. The highest BCUT2D eigenvalue weighted by Crippen LogP contribution is 2.38. The van der Waals surface area contributed by atoms with Gasteiger partial charge in [0.05, 0.1) is 27.0 Å². The second-order valence-corrected chi connectivity index (χ2v) is 7.38. The van der Waals surface area contributed by atoms with Gasteiger partial charge in [0.15, 0.2) is 11.5 Å². The van der Waals surface area contributed by atoms with Crippen LogP contribution in [0.5, 0.6) is 17.2 Å². The Bertz CT molecular complexity index is 1020. The number of hydrogen-bond acceptors (Lipinski definition) is 7. The van der Waals surface area contributed by atoms with Gasteiger partial charge >= 0.3 is 0 Å². The molecule has 3 aromatic rings. The molecule has 0 saturated carbocycles.